The van der Waals surface area contributed by atoms with Gasteiger partial charge >= 0.3 is 0 Å². The van der Waals surface area contributed by atoms with Gasteiger partial charge in [0.25, 0.3) is 5.91 Å². The average Bonchev–Trinajstić information content (AvgIpc) is 3.43. The van der Waals surface area contributed by atoms with Gasteiger partial charge in [0, 0.05) is 37.1 Å². The second-order valence-electron chi connectivity index (χ2n) is 8.50. The van der Waals surface area contributed by atoms with Crippen LogP contribution >= 0.6 is 0 Å². The number of rotatable bonds is 6. The van der Waals surface area contributed by atoms with E-state index in [4.69, 9.17) is 9.47 Å². The van der Waals surface area contributed by atoms with Crippen LogP contribution in [0.2, 0.25) is 0 Å². The van der Waals surface area contributed by atoms with Gasteiger partial charge in [0.05, 0.1) is 31.0 Å². The normalized spacial score (nSPS) is 23.7. The third kappa shape index (κ3) is 4.53. The molecule has 0 aliphatic carbocycles. The van der Waals surface area contributed by atoms with Gasteiger partial charge in [0.15, 0.2) is 0 Å². The van der Waals surface area contributed by atoms with Gasteiger partial charge in [0.2, 0.25) is 5.95 Å². The van der Waals surface area contributed by atoms with Gasteiger partial charge in [-0.2, -0.15) is 0 Å². The van der Waals surface area contributed by atoms with E-state index >= 15 is 0 Å². The van der Waals surface area contributed by atoms with E-state index in [0.717, 1.165) is 16.9 Å². The lowest BCUT2D eigenvalue weighted by Crippen LogP contribution is -2.44. The molecule has 5 rings (SSSR count). The highest BCUT2D eigenvalue weighted by atomic mass is 16.6. The molecule has 0 unspecified atom stereocenters. The molecule has 0 radical (unpaired) electrons. The number of nitrogens with one attached hydrogen (secondary N) is 2. The molecule has 2 fully saturated rings. The van der Waals surface area contributed by atoms with E-state index in [0.29, 0.717) is 24.7 Å². The zero-order chi connectivity index (χ0) is 22.8. The minimum Gasteiger partial charge on any atom is -0.378 e. The Balaban J connectivity index is 1.23. The lowest BCUT2D eigenvalue weighted by molar-refractivity contribution is 0.0652. The monoisotopic (exact) mass is 445 g/mol. The molecule has 170 valence electrons. The first-order valence-corrected chi connectivity index (χ1v) is 11.0. The number of amides is 1. The van der Waals surface area contributed by atoms with Gasteiger partial charge in [-0.1, -0.05) is 30.3 Å². The number of anilines is 2. The Hall–Kier alpha value is -3.49. The van der Waals surface area contributed by atoms with Crippen molar-refractivity contribution in [2.24, 2.45) is 0 Å². The predicted octanol–water partition coefficient (Wildman–Crippen LogP) is 2.59. The van der Waals surface area contributed by atoms with E-state index in [1.165, 1.54) is 0 Å². The van der Waals surface area contributed by atoms with Crippen molar-refractivity contribution in [3.05, 3.63) is 72.4 Å². The van der Waals surface area contributed by atoms with E-state index in [1.807, 2.05) is 38.4 Å². The molecular formula is C25H27N5O3. The van der Waals surface area contributed by atoms with Gasteiger partial charge < -0.3 is 25.0 Å². The van der Waals surface area contributed by atoms with Crippen molar-refractivity contribution in [1.29, 1.82) is 0 Å². The van der Waals surface area contributed by atoms with Crippen LogP contribution in [0.15, 0.2) is 66.9 Å². The third-order valence-corrected chi connectivity index (χ3v) is 6.06. The topological polar surface area (TPSA) is 88.6 Å². The summed E-state index contributed by atoms with van der Waals surface area (Å²) in [4.78, 5) is 23.7. The fourth-order valence-corrected chi connectivity index (χ4v) is 4.27. The maximum Gasteiger partial charge on any atom is 0.251 e. The predicted molar refractivity (Wildman–Crippen MR) is 126 cm³/mol. The quantitative estimate of drug-likeness (QED) is 0.603. The summed E-state index contributed by atoms with van der Waals surface area (Å²) in [6.07, 6.45) is 1.35. The van der Waals surface area contributed by atoms with E-state index in [9.17, 15) is 4.79 Å². The fourth-order valence-electron chi connectivity index (χ4n) is 4.27. The number of nitrogens with zero attached hydrogens (tertiary/aromatic N) is 3. The molecule has 3 heterocycles. The highest BCUT2D eigenvalue weighted by Crippen LogP contribution is 2.29. The lowest BCUT2D eigenvalue weighted by Gasteiger charge is -2.18. The number of carbonyl (C=O) groups is 1. The number of hydrogen-bond donors (Lipinski definition) is 2. The molecule has 4 atom stereocenters. The SMILES string of the molecule is CN(C)c1ccc(-c2ccnc(N[C@@H]3CO[C@@H]4[C@@H]3OC[C@@H]4NC(=O)c3ccccc3)n2)cc1. The Bertz CT molecular complexity index is 1110. The maximum atomic E-state index is 12.5. The standard InChI is InChI=1S/C25H27N5O3/c1-30(2)18-10-8-16(9-11-18)19-12-13-26-25(28-19)29-21-15-33-22-20(14-32-23(21)22)27-24(31)17-6-4-3-5-7-17/h3-13,20-23H,14-15H2,1-2H3,(H,27,31)(H,26,28,29)/t20-,21+,22-,23+/m0/s1. The Morgan fingerprint density at radius 3 is 2.36 bits per heavy atom. The van der Waals surface area contributed by atoms with Crippen molar-refractivity contribution in [3.63, 3.8) is 0 Å². The molecule has 3 aromatic rings. The van der Waals surface area contributed by atoms with E-state index < -0.39 is 0 Å². The molecule has 0 spiro atoms. The van der Waals surface area contributed by atoms with Crippen LogP contribution in [0.5, 0.6) is 0 Å². The molecule has 2 N–H and O–H groups in total. The van der Waals surface area contributed by atoms with Crippen LogP contribution in [-0.4, -0.2) is 67.5 Å². The van der Waals surface area contributed by atoms with Crippen molar-refractivity contribution in [1.82, 2.24) is 15.3 Å². The van der Waals surface area contributed by atoms with Crippen molar-refractivity contribution in [2.75, 3.05) is 37.5 Å². The molecule has 2 aromatic carbocycles. The molecular weight excluding hydrogens is 418 g/mol. The van der Waals surface area contributed by atoms with Crippen LogP contribution in [-0.2, 0) is 9.47 Å². The highest BCUT2D eigenvalue weighted by Gasteiger charge is 2.48. The number of hydrogen-bond acceptors (Lipinski definition) is 7. The van der Waals surface area contributed by atoms with Gasteiger partial charge in [-0.05, 0) is 30.3 Å². The van der Waals surface area contributed by atoms with Crippen LogP contribution in [0, 0.1) is 0 Å². The number of ether oxygens (including phenoxy) is 2. The molecule has 1 aromatic heterocycles. The summed E-state index contributed by atoms with van der Waals surface area (Å²) in [5.74, 6) is 0.403. The van der Waals surface area contributed by atoms with Crippen LogP contribution in [0.3, 0.4) is 0 Å². The first-order valence-electron chi connectivity index (χ1n) is 11.0. The van der Waals surface area contributed by atoms with Crippen molar-refractivity contribution >= 4 is 17.5 Å². The average molecular weight is 446 g/mol. The van der Waals surface area contributed by atoms with Gasteiger partial charge in [-0.25, -0.2) is 9.97 Å². The molecule has 8 heteroatoms. The summed E-state index contributed by atoms with van der Waals surface area (Å²) in [5, 5.41) is 6.41. The summed E-state index contributed by atoms with van der Waals surface area (Å²) in [6, 6.07) is 19.0. The zero-order valence-corrected chi connectivity index (χ0v) is 18.6. The third-order valence-electron chi connectivity index (χ3n) is 6.06. The molecule has 0 bridgehead atoms. The first-order chi connectivity index (χ1) is 16.1. The number of aromatic nitrogens is 2. The van der Waals surface area contributed by atoms with Gasteiger partial charge in [0.1, 0.15) is 12.2 Å². The van der Waals surface area contributed by atoms with E-state index in [2.05, 4.69) is 49.8 Å². The van der Waals surface area contributed by atoms with Crippen molar-refractivity contribution in [3.8, 4) is 11.3 Å². The molecule has 1 amide bonds. The number of carbonyl (C=O) groups excluding carboxylic acids is 1. The van der Waals surface area contributed by atoms with Crippen LogP contribution in [0.1, 0.15) is 10.4 Å². The summed E-state index contributed by atoms with van der Waals surface area (Å²) in [5.41, 5.74) is 3.62. The van der Waals surface area contributed by atoms with E-state index in [1.54, 1.807) is 18.3 Å². The number of fused-ring (bicyclic) bond motifs is 1. The van der Waals surface area contributed by atoms with Crippen LogP contribution in [0.25, 0.3) is 11.3 Å². The number of benzene rings is 2. The molecule has 2 saturated heterocycles. The largest absolute Gasteiger partial charge is 0.378 e. The zero-order valence-electron chi connectivity index (χ0n) is 18.6. The Morgan fingerprint density at radius 1 is 0.939 bits per heavy atom. The summed E-state index contributed by atoms with van der Waals surface area (Å²) < 4.78 is 12.0. The van der Waals surface area contributed by atoms with E-state index in [-0.39, 0.29) is 30.2 Å². The molecule has 0 saturated carbocycles. The summed E-state index contributed by atoms with van der Waals surface area (Å²) in [6.45, 7) is 0.864. The lowest BCUT2D eigenvalue weighted by atomic mass is 10.1. The maximum absolute atomic E-state index is 12.5. The van der Waals surface area contributed by atoms with Crippen molar-refractivity contribution in [2.45, 2.75) is 24.3 Å². The Morgan fingerprint density at radius 2 is 1.64 bits per heavy atom. The molecule has 33 heavy (non-hydrogen) atoms. The smallest absolute Gasteiger partial charge is 0.251 e. The summed E-state index contributed by atoms with van der Waals surface area (Å²) in [7, 11) is 4.03. The second-order valence-corrected chi connectivity index (χ2v) is 8.50. The molecule has 8 nitrogen and oxygen atoms in total. The summed E-state index contributed by atoms with van der Waals surface area (Å²) >= 11 is 0. The van der Waals surface area contributed by atoms with Crippen molar-refractivity contribution < 1.29 is 14.3 Å². The highest BCUT2D eigenvalue weighted by molar-refractivity contribution is 5.94. The molecule has 2 aliphatic heterocycles. The van der Waals surface area contributed by atoms with Gasteiger partial charge in [-0.15, -0.1) is 0 Å². The minimum atomic E-state index is -0.211. The Labute approximate surface area is 193 Å². The molecule has 2 aliphatic rings. The van der Waals surface area contributed by atoms with Crippen LogP contribution in [0.4, 0.5) is 11.6 Å². The Kier molecular flexibility index (Phi) is 5.93. The van der Waals surface area contributed by atoms with Gasteiger partial charge in [-0.3, -0.25) is 4.79 Å². The second kappa shape index (κ2) is 9.17. The minimum absolute atomic E-state index is 0.0972. The first kappa shape index (κ1) is 21.4. The van der Waals surface area contributed by atoms with Crippen LogP contribution < -0.4 is 15.5 Å². The fraction of sp³-hybridized carbons (Fsp3) is 0.320.